The molecular weight excluding hydrogens is 410 g/mol. The summed E-state index contributed by atoms with van der Waals surface area (Å²) in [6.07, 6.45) is 5.01. The zero-order valence-corrected chi connectivity index (χ0v) is 17.6. The summed E-state index contributed by atoms with van der Waals surface area (Å²) < 4.78 is 0. The van der Waals surface area contributed by atoms with Gasteiger partial charge in [-0.3, -0.25) is 4.79 Å². The molecule has 0 spiro atoms. The van der Waals surface area contributed by atoms with Gasteiger partial charge in [0.25, 0.3) is 0 Å². The third-order valence-corrected chi connectivity index (χ3v) is 6.35. The number of nitrogens with one attached hydrogen (secondary N) is 1. The van der Waals surface area contributed by atoms with Crippen LogP contribution in [0.4, 0.5) is 11.8 Å². The van der Waals surface area contributed by atoms with Crippen LogP contribution in [0.15, 0.2) is 61.2 Å². The number of piperazine rings is 1. The van der Waals surface area contributed by atoms with Crippen molar-refractivity contribution in [3.8, 4) is 10.4 Å². The number of anilines is 2. The van der Waals surface area contributed by atoms with Crippen molar-refractivity contribution in [1.82, 2.24) is 24.8 Å². The van der Waals surface area contributed by atoms with Crippen LogP contribution in [0.1, 0.15) is 0 Å². The number of hydrogen-bond acceptors (Lipinski definition) is 8. The molecule has 0 radical (unpaired) electrons. The number of nitrogens with zero attached hydrogens (tertiary/aromatic N) is 6. The normalized spacial score (nSPS) is 14.1. The maximum atomic E-state index is 12.8. The van der Waals surface area contributed by atoms with Crippen LogP contribution in [0.25, 0.3) is 20.7 Å². The number of amides is 1. The lowest BCUT2D eigenvalue weighted by atomic mass is 10.2. The quantitative estimate of drug-likeness (QED) is 0.520. The Balaban J connectivity index is 1.23. The number of rotatable bonds is 5. The first-order valence-electron chi connectivity index (χ1n) is 10.1. The molecule has 0 aliphatic carbocycles. The fourth-order valence-electron chi connectivity index (χ4n) is 3.62. The van der Waals surface area contributed by atoms with Gasteiger partial charge in [-0.15, -0.1) is 11.3 Å². The van der Waals surface area contributed by atoms with E-state index in [0.717, 1.165) is 33.7 Å². The highest BCUT2D eigenvalue weighted by Crippen LogP contribution is 2.34. The molecule has 4 aromatic rings. The predicted octanol–water partition coefficient (Wildman–Crippen LogP) is 2.91. The van der Waals surface area contributed by atoms with Crippen LogP contribution in [0.3, 0.4) is 0 Å². The Hall–Kier alpha value is -3.59. The van der Waals surface area contributed by atoms with Crippen LogP contribution in [-0.4, -0.2) is 63.5 Å². The molecule has 5 rings (SSSR count). The molecule has 1 N–H and O–H groups in total. The average Bonchev–Trinajstić information content (AvgIpc) is 3.29. The van der Waals surface area contributed by atoms with Gasteiger partial charge in [0.2, 0.25) is 11.9 Å². The van der Waals surface area contributed by atoms with Crippen molar-refractivity contribution < 1.29 is 4.79 Å². The zero-order valence-electron chi connectivity index (χ0n) is 16.8. The van der Waals surface area contributed by atoms with Crippen LogP contribution in [0, 0.1) is 0 Å². The Bertz CT molecular complexity index is 1170. The van der Waals surface area contributed by atoms with Crippen LogP contribution >= 0.6 is 11.3 Å². The van der Waals surface area contributed by atoms with Gasteiger partial charge in [-0.05, 0) is 17.7 Å². The van der Waals surface area contributed by atoms with Crippen molar-refractivity contribution in [2.45, 2.75) is 0 Å². The molecule has 0 saturated carbocycles. The Labute approximate surface area is 183 Å². The molecule has 1 aliphatic heterocycles. The highest BCUT2D eigenvalue weighted by Gasteiger charge is 2.22. The summed E-state index contributed by atoms with van der Waals surface area (Å²) in [7, 11) is 0. The molecule has 0 atom stereocenters. The van der Waals surface area contributed by atoms with E-state index in [1.165, 1.54) is 0 Å². The number of carbonyl (C=O) groups is 1. The Morgan fingerprint density at radius 1 is 0.968 bits per heavy atom. The minimum atomic E-state index is 0.0545. The van der Waals surface area contributed by atoms with Crippen molar-refractivity contribution >= 4 is 39.2 Å². The van der Waals surface area contributed by atoms with Crippen LogP contribution in [0.5, 0.6) is 0 Å². The smallest absolute Gasteiger partial charge is 0.242 e. The number of benzene rings is 1. The van der Waals surface area contributed by atoms with Gasteiger partial charge >= 0.3 is 0 Å². The van der Waals surface area contributed by atoms with E-state index in [0.29, 0.717) is 24.9 Å². The second kappa shape index (κ2) is 8.65. The van der Waals surface area contributed by atoms with E-state index in [4.69, 9.17) is 0 Å². The molecule has 1 amide bonds. The minimum Gasteiger partial charge on any atom is -0.360 e. The van der Waals surface area contributed by atoms with Crippen LogP contribution in [0.2, 0.25) is 0 Å². The molecule has 1 aliphatic rings. The van der Waals surface area contributed by atoms with E-state index in [2.05, 4.69) is 48.4 Å². The van der Waals surface area contributed by atoms with E-state index < -0.39 is 0 Å². The predicted molar refractivity (Wildman–Crippen MR) is 122 cm³/mol. The first-order chi connectivity index (χ1) is 15.3. The maximum Gasteiger partial charge on any atom is 0.242 e. The van der Waals surface area contributed by atoms with Crippen molar-refractivity contribution in [3.05, 3.63) is 61.2 Å². The Morgan fingerprint density at radius 3 is 2.52 bits per heavy atom. The fourth-order valence-corrected chi connectivity index (χ4v) is 4.63. The molecule has 1 fully saturated rings. The third-order valence-electron chi connectivity index (χ3n) is 5.26. The third kappa shape index (κ3) is 4.17. The Morgan fingerprint density at radius 2 is 1.74 bits per heavy atom. The number of hydrogen-bond donors (Lipinski definition) is 1. The van der Waals surface area contributed by atoms with Gasteiger partial charge in [0.1, 0.15) is 17.0 Å². The molecule has 4 heterocycles. The number of thiophene rings is 1. The van der Waals surface area contributed by atoms with Crippen molar-refractivity contribution in [2.75, 3.05) is 42.9 Å². The van der Waals surface area contributed by atoms with Gasteiger partial charge < -0.3 is 15.1 Å². The van der Waals surface area contributed by atoms with E-state index in [-0.39, 0.29) is 12.5 Å². The highest BCUT2D eigenvalue weighted by atomic mass is 32.1. The van der Waals surface area contributed by atoms with E-state index in [9.17, 15) is 4.79 Å². The number of carbonyl (C=O) groups excluding carboxylic acids is 1. The summed E-state index contributed by atoms with van der Waals surface area (Å²) in [5, 5.41) is 4.15. The second-order valence-electron chi connectivity index (χ2n) is 7.19. The van der Waals surface area contributed by atoms with Crippen LogP contribution in [-0.2, 0) is 4.79 Å². The maximum absolute atomic E-state index is 12.8. The van der Waals surface area contributed by atoms with Gasteiger partial charge in [0, 0.05) is 43.4 Å². The fraction of sp³-hybridized carbons (Fsp3) is 0.227. The average molecular weight is 432 g/mol. The van der Waals surface area contributed by atoms with Gasteiger partial charge in [-0.25, -0.2) is 19.9 Å². The topological polar surface area (TPSA) is 87.1 Å². The molecule has 0 unspecified atom stereocenters. The lowest BCUT2D eigenvalue weighted by Crippen LogP contribution is -2.50. The molecule has 1 saturated heterocycles. The van der Waals surface area contributed by atoms with E-state index in [1.807, 2.05) is 23.1 Å². The molecule has 8 nitrogen and oxygen atoms in total. The lowest BCUT2D eigenvalue weighted by molar-refractivity contribution is -0.129. The summed E-state index contributed by atoms with van der Waals surface area (Å²) in [6.45, 7) is 2.94. The highest BCUT2D eigenvalue weighted by molar-refractivity contribution is 7.21. The number of aromatic nitrogens is 4. The summed E-state index contributed by atoms with van der Waals surface area (Å²) in [4.78, 5) is 36.1. The Kier molecular flexibility index (Phi) is 5.40. The largest absolute Gasteiger partial charge is 0.360 e. The molecule has 31 heavy (non-hydrogen) atoms. The van der Waals surface area contributed by atoms with Crippen molar-refractivity contribution in [2.24, 2.45) is 0 Å². The molecular formula is C22H21N7OS. The van der Waals surface area contributed by atoms with Crippen LogP contribution < -0.4 is 10.2 Å². The van der Waals surface area contributed by atoms with E-state index in [1.54, 1.807) is 36.1 Å². The van der Waals surface area contributed by atoms with Crippen molar-refractivity contribution in [3.63, 3.8) is 0 Å². The first kappa shape index (κ1) is 19.4. The minimum absolute atomic E-state index is 0.0545. The molecule has 156 valence electrons. The first-order valence-corrected chi connectivity index (χ1v) is 10.9. The molecule has 1 aromatic carbocycles. The summed E-state index contributed by atoms with van der Waals surface area (Å²) >= 11 is 1.62. The summed E-state index contributed by atoms with van der Waals surface area (Å²) in [5.74, 6) is 1.45. The molecule has 9 heteroatoms. The van der Waals surface area contributed by atoms with Gasteiger partial charge in [0.15, 0.2) is 0 Å². The summed E-state index contributed by atoms with van der Waals surface area (Å²) in [6, 6.07) is 14.1. The lowest BCUT2D eigenvalue weighted by Gasteiger charge is -2.34. The zero-order chi connectivity index (χ0) is 21.0. The van der Waals surface area contributed by atoms with Gasteiger partial charge in [0.05, 0.1) is 11.9 Å². The SMILES string of the molecule is O=C(CNc1ncnc2sc(-c3ccccc3)cc12)N1CCN(c2ncccn2)CC1. The molecule has 3 aromatic heterocycles. The second-order valence-corrected chi connectivity index (χ2v) is 8.22. The molecule has 0 bridgehead atoms. The van der Waals surface area contributed by atoms with Gasteiger partial charge in [-0.1, -0.05) is 30.3 Å². The van der Waals surface area contributed by atoms with E-state index >= 15 is 0 Å². The summed E-state index contributed by atoms with van der Waals surface area (Å²) in [5.41, 5.74) is 1.15. The monoisotopic (exact) mass is 431 g/mol. The standard InChI is InChI=1S/C22H21N7OS/c30-19(28-9-11-29(12-10-28)22-23-7-4-8-24-22)14-25-20-17-13-18(16-5-2-1-3-6-16)31-21(17)27-15-26-20/h1-8,13,15H,9-12,14H2,(H,25,26,27). The van der Waals surface area contributed by atoms with Gasteiger partial charge in [-0.2, -0.15) is 0 Å². The number of fused-ring (bicyclic) bond motifs is 1. The van der Waals surface area contributed by atoms with Crippen molar-refractivity contribution in [1.29, 1.82) is 0 Å².